The summed E-state index contributed by atoms with van der Waals surface area (Å²) in [5, 5.41) is 4.15. The summed E-state index contributed by atoms with van der Waals surface area (Å²) >= 11 is 7.93. The predicted molar refractivity (Wildman–Crippen MR) is 85.2 cm³/mol. The second-order valence-electron chi connectivity index (χ2n) is 4.47. The van der Waals surface area contributed by atoms with Gasteiger partial charge in [-0.2, -0.15) is 0 Å². The van der Waals surface area contributed by atoms with E-state index in [-0.39, 0.29) is 0 Å². The maximum atomic E-state index is 6.05. The molecule has 2 aromatic carbocycles. The third kappa shape index (κ3) is 4.00. The van der Waals surface area contributed by atoms with Crippen LogP contribution in [0.5, 0.6) is 0 Å². The van der Waals surface area contributed by atoms with Crippen LogP contribution in [-0.4, -0.2) is 12.8 Å². The number of nitrogens with one attached hydrogen (secondary N) is 1. The SMILES string of the molecule is CNC(CSc1ccccc1C)c1cccc(Cl)c1. The summed E-state index contributed by atoms with van der Waals surface area (Å²) in [5.41, 5.74) is 2.56. The van der Waals surface area contributed by atoms with E-state index in [0.29, 0.717) is 6.04 Å². The quantitative estimate of drug-likeness (QED) is 0.801. The molecule has 0 saturated carbocycles. The van der Waals surface area contributed by atoms with E-state index in [4.69, 9.17) is 11.6 Å². The van der Waals surface area contributed by atoms with Crippen molar-refractivity contribution in [1.29, 1.82) is 0 Å². The minimum atomic E-state index is 0.309. The summed E-state index contributed by atoms with van der Waals surface area (Å²) in [6, 6.07) is 16.8. The first-order valence-electron chi connectivity index (χ1n) is 6.32. The number of thioether (sulfide) groups is 1. The van der Waals surface area contributed by atoms with Gasteiger partial charge >= 0.3 is 0 Å². The number of rotatable bonds is 5. The van der Waals surface area contributed by atoms with Crippen molar-refractivity contribution in [2.45, 2.75) is 17.9 Å². The maximum Gasteiger partial charge on any atom is 0.0413 e. The van der Waals surface area contributed by atoms with E-state index >= 15 is 0 Å². The summed E-state index contributed by atoms with van der Waals surface area (Å²) in [4.78, 5) is 1.34. The fourth-order valence-electron chi connectivity index (χ4n) is 1.96. The summed E-state index contributed by atoms with van der Waals surface area (Å²) in [6.45, 7) is 2.15. The largest absolute Gasteiger partial charge is 0.312 e. The second kappa shape index (κ2) is 6.99. The van der Waals surface area contributed by atoms with Crippen molar-refractivity contribution in [1.82, 2.24) is 5.32 Å². The lowest BCUT2D eigenvalue weighted by molar-refractivity contribution is 0.662. The van der Waals surface area contributed by atoms with Crippen molar-refractivity contribution in [2.24, 2.45) is 0 Å². The molecule has 0 fully saturated rings. The van der Waals surface area contributed by atoms with Crippen LogP contribution in [0.15, 0.2) is 53.4 Å². The first kappa shape index (κ1) is 14.4. The zero-order valence-corrected chi connectivity index (χ0v) is 12.8. The van der Waals surface area contributed by atoms with Crippen LogP contribution in [0.2, 0.25) is 5.02 Å². The highest BCUT2D eigenvalue weighted by molar-refractivity contribution is 7.99. The van der Waals surface area contributed by atoms with E-state index in [9.17, 15) is 0 Å². The van der Waals surface area contributed by atoms with Crippen LogP contribution in [0.3, 0.4) is 0 Å². The minimum Gasteiger partial charge on any atom is -0.312 e. The molecule has 1 nitrogen and oxygen atoms in total. The normalized spacial score (nSPS) is 12.4. The van der Waals surface area contributed by atoms with Crippen molar-refractivity contribution >= 4 is 23.4 Å². The van der Waals surface area contributed by atoms with Crippen LogP contribution in [0, 0.1) is 6.92 Å². The number of halogens is 1. The first-order valence-corrected chi connectivity index (χ1v) is 7.68. The monoisotopic (exact) mass is 291 g/mol. The van der Waals surface area contributed by atoms with Crippen molar-refractivity contribution < 1.29 is 0 Å². The molecular formula is C16H18ClNS. The maximum absolute atomic E-state index is 6.05. The number of hydrogen-bond acceptors (Lipinski definition) is 2. The molecule has 19 heavy (non-hydrogen) atoms. The Morgan fingerprint density at radius 1 is 1.16 bits per heavy atom. The van der Waals surface area contributed by atoms with Crippen LogP contribution < -0.4 is 5.32 Å². The summed E-state index contributed by atoms with van der Waals surface area (Å²) in [7, 11) is 1.99. The van der Waals surface area contributed by atoms with Crippen LogP contribution in [0.1, 0.15) is 17.2 Å². The molecule has 0 aromatic heterocycles. The average molecular weight is 292 g/mol. The molecule has 1 N–H and O–H groups in total. The van der Waals surface area contributed by atoms with Gasteiger partial charge in [-0.1, -0.05) is 41.9 Å². The Morgan fingerprint density at radius 2 is 1.95 bits per heavy atom. The van der Waals surface area contributed by atoms with E-state index in [2.05, 4.69) is 42.6 Å². The van der Waals surface area contributed by atoms with E-state index in [1.54, 1.807) is 0 Å². The lowest BCUT2D eigenvalue weighted by Gasteiger charge is -2.17. The Morgan fingerprint density at radius 3 is 2.63 bits per heavy atom. The third-order valence-electron chi connectivity index (χ3n) is 3.10. The molecule has 0 bridgehead atoms. The van der Waals surface area contributed by atoms with Crippen molar-refractivity contribution in [2.75, 3.05) is 12.8 Å². The third-order valence-corrected chi connectivity index (χ3v) is 4.60. The van der Waals surface area contributed by atoms with Crippen molar-refractivity contribution in [3.8, 4) is 0 Å². The molecular weight excluding hydrogens is 274 g/mol. The van der Waals surface area contributed by atoms with Crippen LogP contribution >= 0.6 is 23.4 Å². The second-order valence-corrected chi connectivity index (χ2v) is 5.97. The minimum absolute atomic E-state index is 0.309. The Bertz CT molecular complexity index is 542. The van der Waals surface area contributed by atoms with E-state index < -0.39 is 0 Å². The van der Waals surface area contributed by atoms with Crippen molar-refractivity contribution in [3.63, 3.8) is 0 Å². The Labute approximate surface area is 124 Å². The molecule has 100 valence electrons. The van der Waals surface area contributed by atoms with Gasteiger partial charge < -0.3 is 5.32 Å². The summed E-state index contributed by atoms with van der Waals surface area (Å²) < 4.78 is 0. The smallest absolute Gasteiger partial charge is 0.0413 e. The van der Waals surface area contributed by atoms with Crippen molar-refractivity contribution in [3.05, 3.63) is 64.7 Å². The van der Waals surface area contributed by atoms with Gasteiger partial charge in [0.25, 0.3) is 0 Å². The molecule has 0 spiro atoms. The molecule has 2 rings (SSSR count). The van der Waals surface area contributed by atoms with Gasteiger partial charge in [-0.3, -0.25) is 0 Å². The topological polar surface area (TPSA) is 12.0 Å². The van der Waals surface area contributed by atoms with E-state index in [0.717, 1.165) is 10.8 Å². The van der Waals surface area contributed by atoms with Gasteiger partial charge in [0, 0.05) is 21.7 Å². The van der Waals surface area contributed by atoms with E-state index in [1.165, 1.54) is 16.0 Å². The van der Waals surface area contributed by atoms with Crippen LogP contribution in [-0.2, 0) is 0 Å². The molecule has 2 aromatic rings. The van der Waals surface area contributed by atoms with Gasteiger partial charge in [0.15, 0.2) is 0 Å². The van der Waals surface area contributed by atoms with Gasteiger partial charge in [-0.15, -0.1) is 11.8 Å². The molecule has 0 aliphatic rings. The molecule has 0 aliphatic heterocycles. The molecule has 1 atom stereocenters. The Balaban J connectivity index is 2.06. The molecule has 0 saturated heterocycles. The van der Waals surface area contributed by atoms with Gasteiger partial charge in [-0.05, 0) is 43.3 Å². The van der Waals surface area contributed by atoms with Gasteiger partial charge in [0.05, 0.1) is 0 Å². The fraction of sp³-hybridized carbons (Fsp3) is 0.250. The number of benzene rings is 2. The number of hydrogen-bond donors (Lipinski definition) is 1. The highest BCUT2D eigenvalue weighted by atomic mass is 35.5. The standard InChI is InChI=1S/C16H18ClNS/c1-12-6-3-4-9-16(12)19-11-15(18-2)13-7-5-8-14(17)10-13/h3-10,15,18H,11H2,1-2H3. The molecule has 0 radical (unpaired) electrons. The zero-order valence-electron chi connectivity index (χ0n) is 11.2. The lowest BCUT2D eigenvalue weighted by atomic mass is 10.1. The molecule has 3 heteroatoms. The van der Waals surface area contributed by atoms with Gasteiger partial charge in [0.2, 0.25) is 0 Å². The highest BCUT2D eigenvalue weighted by Crippen LogP contribution is 2.27. The summed E-state index contributed by atoms with van der Waals surface area (Å²) in [6.07, 6.45) is 0. The zero-order chi connectivity index (χ0) is 13.7. The Hall–Kier alpha value is -0.960. The summed E-state index contributed by atoms with van der Waals surface area (Å²) in [5.74, 6) is 0.988. The number of aryl methyl sites for hydroxylation is 1. The molecule has 0 aliphatic carbocycles. The first-order chi connectivity index (χ1) is 9.20. The van der Waals surface area contributed by atoms with Gasteiger partial charge in [0.1, 0.15) is 0 Å². The average Bonchev–Trinajstić information content (AvgIpc) is 2.41. The highest BCUT2D eigenvalue weighted by Gasteiger charge is 2.10. The van der Waals surface area contributed by atoms with Gasteiger partial charge in [-0.25, -0.2) is 0 Å². The van der Waals surface area contributed by atoms with Crippen LogP contribution in [0.25, 0.3) is 0 Å². The lowest BCUT2D eigenvalue weighted by Crippen LogP contribution is -2.18. The molecule has 0 heterocycles. The predicted octanol–water partition coefficient (Wildman–Crippen LogP) is 4.70. The Kier molecular flexibility index (Phi) is 5.32. The molecule has 0 amide bonds. The molecule has 1 unspecified atom stereocenters. The van der Waals surface area contributed by atoms with Crippen LogP contribution in [0.4, 0.5) is 0 Å². The van der Waals surface area contributed by atoms with E-state index in [1.807, 2.05) is 37.0 Å². The fourth-order valence-corrected chi connectivity index (χ4v) is 3.34.